The maximum absolute atomic E-state index is 2.31. The smallest absolute Gasteiger partial charge is 0.132 e. The van der Waals surface area contributed by atoms with Crippen molar-refractivity contribution in [3.63, 3.8) is 0 Å². The lowest BCUT2D eigenvalue weighted by Gasteiger charge is -2.30. The van der Waals surface area contributed by atoms with Crippen molar-refractivity contribution in [3.05, 3.63) is 36.4 Å². The fourth-order valence-corrected chi connectivity index (χ4v) is 3.84. The van der Waals surface area contributed by atoms with Crippen molar-refractivity contribution in [2.24, 2.45) is 0 Å². The van der Waals surface area contributed by atoms with Gasteiger partial charge in [-0.2, -0.15) is 0 Å². The Morgan fingerprint density at radius 2 is 1.19 bits per heavy atom. The highest BCUT2D eigenvalue weighted by Gasteiger charge is 2.23. The Morgan fingerprint density at radius 1 is 0.762 bits per heavy atom. The Kier molecular flexibility index (Phi) is 3.69. The molecular formula is C17H23N3S+2. The third-order valence-corrected chi connectivity index (χ3v) is 5.11. The van der Waals surface area contributed by atoms with Crippen LogP contribution < -0.4 is 14.7 Å². The van der Waals surface area contributed by atoms with Gasteiger partial charge in [-0.25, -0.2) is 0 Å². The number of hydrogen-bond donors (Lipinski definition) is 2. The first-order valence-corrected chi connectivity index (χ1v) is 8.10. The molecule has 0 aliphatic carbocycles. The predicted octanol–water partition coefficient (Wildman–Crippen LogP) is 1.47. The molecule has 1 heterocycles. The van der Waals surface area contributed by atoms with Crippen LogP contribution >= 0.6 is 11.8 Å². The Hall–Kier alpha value is -1.49. The molecule has 1 aliphatic heterocycles. The van der Waals surface area contributed by atoms with Gasteiger partial charge < -0.3 is 14.7 Å². The molecular weight excluding hydrogens is 278 g/mol. The summed E-state index contributed by atoms with van der Waals surface area (Å²) in [5, 5.41) is 0. The molecule has 0 spiro atoms. The zero-order valence-electron chi connectivity index (χ0n) is 13.3. The minimum Gasteiger partial charge on any atom is -0.343 e. The van der Waals surface area contributed by atoms with Crippen molar-refractivity contribution in [1.82, 2.24) is 0 Å². The molecule has 21 heavy (non-hydrogen) atoms. The first kappa shape index (κ1) is 14.4. The van der Waals surface area contributed by atoms with Crippen LogP contribution in [0.5, 0.6) is 0 Å². The molecule has 0 saturated heterocycles. The van der Waals surface area contributed by atoms with Gasteiger partial charge in [0.1, 0.15) is 11.4 Å². The fraction of sp³-hybridized carbons (Fsp3) is 0.294. The summed E-state index contributed by atoms with van der Waals surface area (Å²) in [6, 6.07) is 13.5. The third-order valence-electron chi connectivity index (χ3n) is 4.02. The van der Waals surface area contributed by atoms with Gasteiger partial charge in [-0.15, -0.1) is 0 Å². The van der Waals surface area contributed by atoms with Gasteiger partial charge in [-0.1, -0.05) is 11.8 Å². The number of nitrogens with zero attached hydrogens (tertiary/aromatic N) is 1. The number of fused-ring (bicyclic) bond motifs is 2. The highest BCUT2D eigenvalue weighted by molar-refractivity contribution is 7.99. The molecule has 0 radical (unpaired) electrons. The van der Waals surface area contributed by atoms with E-state index in [9.17, 15) is 0 Å². The van der Waals surface area contributed by atoms with E-state index in [4.69, 9.17) is 0 Å². The van der Waals surface area contributed by atoms with Crippen molar-refractivity contribution in [2.45, 2.75) is 9.79 Å². The lowest BCUT2D eigenvalue weighted by molar-refractivity contribution is -0.786. The molecule has 0 aromatic heterocycles. The minimum absolute atomic E-state index is 1.29. The minimum atomic E-state index is 1.29. The molecule has 2 aromatic rings. The first-order chi connectivity index (χ1) is 9.97. The van der Waals surface area contributed by atoms with E-state index in [1.165, 1.54) is 42.3 Å². The van der Waals surface area contributed by atoms with Crippen molar-refractivity contribution < 1.29 is 9.80 Å². The van der Waals surface area contributed by atoms with E-state index in [-0.39, 0.29) is 0 Å². The lowest BCUT2D eigenvalue weighted by Crippen LogP contribution is -3.00. The molecule has 2 N–H and O–H groups in total. The molecule has 4 heteroatoms. The first-order valence-electron chi connectivity index (χ1n) is 7.28. The van der Waals surface area contributed by atoms with Crippen LogP contribution in [0.25, 0.3) is 0 Å². The van der Waals surface area contributed by atoms with Gasteiger partial charge in [0.15, 0.2) is 0 Å². The number of nitrogens with one attached hydrogen (secondary N) is 2. The summed E-state index contributed by atoms with van der Waals surface area (Å²) in [4.78, 5) is 7.70. The van der Waals surface area contributed by atoms with Gasteiger partial charge >= 0.3 is 0 Å². The summed E-state index contributed by atoms with van der Waals surface area (Å²) in [7, 11) is 10.8. The van der Waals surface area contributed by atoms with Gasteiger partial charge in [0.2, 0.25) is 0 Å². The van der Waals surface area contributed by atoms with Crippen molar-refractivity contribution >= 4 is 34.5 Å². The molecule has 0 bridgehead atoms. The summed E-state index contributed by atoms with van der Waals surface area (Å²) in [6.07, 6.45) is 0. The molecule has 0 amide bonds. The second-order valence-electron chi connectivity index (χ2n) is 6.03. The number of rotatable bonds is 2. The summed E-state index contributed by atoms with van der Waals surface area (Å²) in [5.41, 5.74) is 5.24. The van der Waals surface area contributed by atoms with E-state index in [2.05, 4.69) is 76.5 Å². The fourth-order valence-electron chi connectivity index (χ4n) is 2.62. The lowest BCUT2D eigenvalue weighted by atomic mass is 10.2. The summed E-state index contributed by atoms with van der Waals surface area (Å²) in [5.74, 6) is 0. The molecule has 0 atom stereocenters. The quantitative estimate of drug-likeness (QED) is 0.871. The summed E-state index contributed by atoms with van der Waals surface area (Å²) in [6.45, 7) is 0. The van der Waals surface area contributed by atoms with Crippen LogP contribution in [0.3, 0.4) is 0 Å². The molecule has 0 fully saturated rings. The van der Waals surface area contributed by atoms with E-state index in [1.54, 1.807) is 0 Å². The van der Waals surface area contributed by atoms with E-state index in [0.29, 0.717) is 0 Å². The highest BCUT2D eigenvalue weighted by atomic mass is 32.2. The molecule has 2 aromatic carbocycles. The molecule has 3 rings (SSSR count). The van der Waals surface area contributed by atoms with Crippen molar-refractivity contribution in [3.8, 4) is 0 Å². The Morgan fingerprint density at radius 3 is 1.57 bits per heavy atom. The Balaban J connectivity index is 2.06. The number of hydrogen-bond acceptors (Lipinski definition) is 2. The molecule has 0 unspecified atom stereocenters. The summed E-state index contributed by atoms with van der Waals surface area (Å²) < 4.78 is 0. The average Bonchev–Trinajstić information content (AvgIpc) is 2.46. The third kappa shape index (κ3) is 2.55. The zero-order valence-corrected chi connectivity index (χ0v) is 14.1. The highest BCUT2D eigenvalue weighted by Crippen LogP contribution is 2.48. The number of benzene rings is 2. The molecule has 0 saturated carbocycles. The maximum atomic E-state index is 2.31. The van der Waals surface area contributed by atoms with Gasteiger partial charge in [0.25, 0.3) is 0 Å². The van der Waals surface area contributed by atoms with E-state index in [0.717, 1.165) is 0 Å². The van der Waals surface area contributed by atoms with Gasteiger partial charge in [-0.05, 0) is 12.1 Å². The topological polar surface area (TPSA) is 12.1 Å². The van der Waals surface area contributed by atoms with E-state index < -0.39 is 0 Å². The van der Waals surface area contributed by atoms with Crippen molar-refractivity contribution in [1.29, 1.82) is 0 Å². The predicted molar refractivity (Wildman–Crippen MR) is 90.0 cm³/mol. The van der Waals surface area contributed by atoms with Crippen molar-refractivity contribution in [2.75, 3.05) is 40.1 Å². The second-order valence-corrected chi connectivity index (χ2v) is 7.11. The summed E-state index contributed by atoms with van der Waals surface area (Å²) >= 11 is 1.88. The maximum Gasteiger partial charge on any atom is 0.132 e. The zero-order chi connectivity index (χ0) is 15.1. The molecule has 110 valence electrons. The van der Waals surface area contributed by atoms with Gasteiger partial charge in [0, 0.05) is 41.1 Å². The van der Waals surface area contributed by atoms with E-state index in [1.807, 2.05) is 11.8 Å². The standard InChI is InChI=1S/C17H21N3S/c1-18(2)12-6-8-14-16(10-12)21-17-11-13(19(3)4)7-9-15(17)20(14)5/h6-11H,1-5H3/p+2. The van der Waals surface area contributed by atoms with Crippen LogP contribution in [-0.4, -0.2) is 35.2 Å². The Bertz CT molecular complexity index is 622. The molecule has 3 nitrogen and oxygen atoms in total. The van der Waals surface area contributed by atoms with E-state index >= 15 is 0 Å². The van der Waals surface area contributed by atoms with Crippen LogP contribution in [0, 0.1) is 0 Å². The largest absolute Gasteiger partial charge is 0.343 e. The van der Waals surface area contributed by atoms with Crippen LogP contribution in [-0.2, 0) is 0 Å². The van der Waals surface area contributed by atoms with Gasteiger partial charge in [0.05, 0.1) is 39.6 Å². The van der Waals surface area contributed by atoms with Crippen LogP contribution in [0.4, 0.5) is 22.7 Å². The van der Waals surface area contributed by atoms with Crippen LogP contribution in [0.1, 0.15) is 0 Å². The number of quaternary nitrogens is 2. The van der Waals surface area contributed by atoms with Crippen LogP contribution in [0.15, 0.2) is 46.2 Å². The van der Waals surface area contributed by atoms with Gasteiger partial charge in [-0.3, -0.25) is 0 Å². The number of anilines is 2. The SMILES string of the molecule is CN1c2ccc([NH+](C)C)cc2Sc2cc([NH+](C)C)ccc21. The van der Waals surface area contributed by atoms with Crippen LogP contribution in [0.2, 0.25) is 0 Å². The second kappa shape index (κ2) is 5.37. The average molecular weight is 301 g/mol. The normalized spacial score (nSPS) is 13.6. The Labute approximate surface area is 131 Å². The molecule has 1 aliphatic rings. The monoisotopic (exact) mass is 301 g/mol.